The molecule has 0 aromatic heterocycles. The highest BCUT2D eigenvalue weighted by Gasteiger charge is 2.56. The largest absolute Gasteiger partial charge is 0.481 e. The van der Waals surface area contributed by atoms with Crippen LogP contribution in [0.2, 0.25) is 0 Å². The molecule has 2 N–H and O–H groups in total. The van der Waals surface area contributed by atoms with Crippen molar-refractivity contribution in [2.24, 2.45) is 5.41 Å². The monoisotopic (exact) mass is 462 g/mol. The minimum atomic E-state index is -0.796. The third-order valence-electron chi connectivity index (χ3n) is 7.85. The Bertz CT molecular complexity index is 1090. The topological polar surface area (TPSA) is 95.9 Å². The first-order chi connectivity index (χ1) is 16.4. The quantitative estimate of drug-likeness (QED) is 0.672. The van der Waals surface area contributed by atoms with E-state index in [0.717, 1.165) is 24.0 Å². The summed E-state index contributed by atoms with van der Waals surface area (Å²) in [4.78, 5) is 39.0. The summed E-state index contributed by atoms with van der Waals surface area (Å²) in [7, 11) is 0. The van der Waals surface area contributed by atoms with Gasteiger partial charge >= 0.3 is 12.1 Å². The molecule has 0 bridgehead atoms. The number of fused-ring (bicyclic) bond motifs is 4. The van der Waals surface area contributed by atoms with E-state index >= 15 is 0 Å². The molecule has 1 saturated carbocycles. The first kappa shape index (κ1) is 22.4. The standard InChI is InChI=1S/C27H30N2O5/c1-17(15-24(30)29-14-13-27(25(31)32)12-6-11-23(27)29)28-26(33)34-16-22-20-9-4-2-7-18(20)19-8-3-5-10-21(19)22/h2-5,7-10,17,22-23H,6,11-16H2,1H3,(H,28,33)(H,31,32)/t17-,23?,27?/m0/s1. The van der Waals surface area contributed by atoms with E-state index in [2.05, 4.69) is 29.6 Å². The molecular weight excluding hydrogens is 432 g/mol. The van der Waals surface area contributed by atoms with Crippen molar-refractivity contribution in [1.29, 1.82) is 0 Å². The molecule has 2 aliphatic carbocycles. The van der Waals surface area contributed by atoms with Crippen LogP contribution in [0.25, 0.3) is 11.1 Å². The van der Waals surface area contributed by atoms with Crippen molar-refractivity contribution in [3.63, 3.8) is 0 Å². The fourth-order valence-corrected chi connectivity index (χ4v) is 6.20. The predicted molar refractivity (Wildman–Crippen MR) is 126 cm³/mol. The molecule has 1 aliphatic heterocycles. The van der Waals surface area contributed by atoms with Gasteiger partial charge in [-0.2, -0.15) is 0 Å². The summed E-state index contributed by atoms with van der Waals surface area (Å²) in [6.07, 6.45) is 2.26. The van der Waals surface area contributed by atoms with Crippen LogP contribution >= 0.6 is 0 Å². The lowest BCUT2D eigenvalue weighted by molar-refractivity contribution is -0.150. The smallest absolute Gasteiger partial charge is 0.407 e. The molecule has 7 heteroatoms. The van der Waals surface area contributed by atoms with Crippen LogP contribution in [0.15, 0.2) is 48.5 Å². The SMILES string of the molecule is C[C@@H](CC(=O)N1CCC2(C(=O)O)CCCC12)NC(=O)OCC1c2ccccc2-c2ccccc21. The molecule has 3 aliphatic rings. The van der Waals surface area contributed by atoms with E-state index < -0.39 is 23.5 Å². The molecule has 1 saturated heterocycles. The van der Waals surface area contributed by atoms with Crippen LogP contribution in [0.4, 0.5) is 4.79 Å². The van der Waals surface area contributed by atoms with Gasteiger partial charge < -0.3 is 20.1 Å². The van der Waals surface area contributed by atoms with Gasteiger partial charge in [0.25, 0.3) is 0 Å². The van der Waals surface area contributed by atoms with Crippen LogP contribution < -0.4 is 5.32 Å². The zero-order valence-corrected chi connectivity index (χ0v) is 19.3. The Hall–Kier alpha value is -3.35. The van der Waals surface area contributed by atoms with E-state index in [0.29, 0.717) is 19.4 Å². The third-order valence-corrected chi connectivity index (χ3v) is 7.85. The molecule has 2 fully saturated rings. The lowest BCUT2D eigenvalue weighted by atomic mass is 9.82. The van der Waals surface area contributed by atoms with Crippen molar-refractivity contribution >= 4 is 18.0 Å². The third kappa shape index (κ3) is 3.73. The molecular formula is C27H30N2O5. The molecule has 1 heterocycles. The van der Waals surface area contributed by atoms with Crippen molar-refractivity contribution in [3.05, 3.63) is 59.7 Å². The molecule has 34 heavy (non-hydrogen) atoms. The normalized spacial score (nSPS) is 23.7. The van der Waals surface area contributed by atoms with Crippen molar-refractivity contribution in [2.45, 2.75) is 57.0 Å². The molecule has 2 aromatic rings. The summed E-state index contributed by atoms with van der Waals surface area (Å²) in [6.45, 7) is 2.46. The van der Waals surface area contributed by atoms with Crippen LogP contribution in [0, 0.1) is 5.41 Å². The number of nitrogens with one attached hydrogen (secondary N) is 1. The van der Waals surface area contributed by atoms with Gasteiger partial charge in [0.05, 0.1) is 5.41 Å². The summed E-state index contributed by atoms with van der Waals surface area (Å²) in [5.41, 5.74) is 3.83. The van der Waals surface area contributed by atoms with Crippen LogP contribution in [-0.4, -0.2) is 53.2 Å². The number of ether oxygens (including phenoxy) is 1. The average molecular weight is 463 g/mol. The van der Waals surface area contributed by atoms with E-state index in [1.165, 1.54) is 11.1 Å². The number of amides is 2. The molecule has 0 radical (unpaired) electrons. The average Bonchev–Trinajstić information content (AvgIpc) is 3.48. The molecule has 2 amide bonds. The van der Waals surface area contributed by atoms with Gasteiger partial charge in [0.15, 0.2) is 0 Å². The molecule has 2 unspecified atom stereocenters. The zero-order chi connectivity index (χ0) is 23.9. The number of alkyl carbamates (subject to hydrolysis) is 1. The van der Waals surface area contributed by atoms with Crippen LogP contribution in [-0.2, 0) is 14.3 Å². The number of benzene rings is 2. The first-order valence-corrected chi connectivity index (χ1v) is 12.0. The highest BCUT2D eigenvalue weighted by molar-refractivity contribution is 5.83. The summed E-state index contributed by atoms with van der Waals surface area (Å²) in [6, 6.07) is 15.7. The van der Waals surface area contributed by atoms with Gasteiger partial charge in [0.1, 0.15) is 6.61 Å². The number of nitrogens with zero attached hydrogens (tertiary/aromatic N) is 1. The number of hydrogen-bond acceptors (Lipinski definition) is 4. The number of rotatable bonds is 6. The van der Waals surface area contributed by atoms with E-state index in [4.69, 9.17) is 4.74 Å². The predicted octanol–water partition coefficient (Wildman–Crippen LogP) is 4.16. The fourth-order valence-electron chi connectivity index (χ4n) is 6.20. The number of carbonyl (C=O) groups excluding carboxylic acids is 2. The summed E-state index contributed by atoms with van der Waals surface area (Å²) in [5.74, 6) is -0.928. The molecule has 5 rings (SSSR count). The lowest BCUT2D eigenvalue weighted by Gasteiger charge is -2.29. The first-order valence-electron chi connectivity index (χ1n) is 12.0. The van der Waals surface area contributed by atoms with Crippen molar-refractivity contribution in [3.8, 4) is 11.1 Å². The van der Waals surface area contributed by atoms with Gasteiger partial charge in [-0.15, -0.1) is 0 Å². The summed E-state index contributed by atoms with van der Waals surface area (Å²) < 4.78 is 5.58. The maximum absolute atomic E-state index is 12.9. The number of hydrogen-bond donors (Lipinski definition) is 2. The van der Waals surface area contributed by atoms with E-state index in [9.17, 15) is 19.5 Å². The highest BCUT2D eigenvalue weighted by atomic mass is 16.5. The van der Waals surface area contributed by atoms with Gasteiger partial charge in [-0.1, -0.05) is 55.0 Å². The number of aliphatic carboxylic acids is 1. The van der Waals surface area contributed by atoms with Crippen LogP contribution in [0.3, 0.4) is 0 Å². The van der Waals surface area contributed by atoms with E-state index in [1.807, 2.05) is 24.3 Å². The van der Waals surface area contributed by atoms with Crippen molar-refractivity contribution in [2.75, 3.05) is 13.2 Å². The Kier molecular flexibility index (Phi) is 5.80. The fraction of sp³-hybridized carbons (Fsp3) is 0.444. The molecule has 7 nitrogen and oxygen atoms in total. The van der Waals surface area contributed by atoms with Crippen LogP contribution in [0.1, 0.15) is 56.1 Å². The maximum atomic E-state index is 12.9. The number of carboxylic acids is 1. The molecule has 178 valence electrons. The Labute approximate surface area is 199 Å². The Morgan fingerprint density at radius 3 is 2.38 bits per heavy atom. The molecule has 0 spiro atoms. The van der Waals surface area contributed by atoms with Gasteiger partial charge in [-0.3, -0.25) is 9.59 Å². The van der Waals surface area contributed by atoms with Gasteiger partial charge in [-0.25, -0.2) is 4.79 Å². The Balaban J connectivity index is 1.16. The minimum absolute atomic E-state index is 0.0220. The van der Waals surface area contributed by atoms with Gasteiger partial charge in [0, 0.05) is 31.0 Å². The highest BCUT2D eigenvalue weighted by Crippen LogP contribution is 2.49. The van der Waals surface area contributed by atoms with E-state index in [-0.39, 0.29) is 30.9 Å². The number of likely N-dealkylation sites (tertiary alicyclic amines) is 1. The second kappa shape index (κ2) is 8.78. The number of carbonyl (C=O) groups is 3. The van der Waals surface area contributed by atoms with Gasteiger partial charge in [0.2, 0.25) is 5.91 Å². The summed E-state index contributed by atoms with van der Waals surface area (Å²) >= 11 is 0. The second-order valence-corrected chi connectivity index (χ2v) is 9.78. The maximum Gasteiger partial charge on any atom is 0.407 e. The Morgan fingerprint density at radius 1 is 1.09 bits per heavy atom. The van der Waals surface area contributed by atoms with Gasteiger partial charge in [-0.05, 0) is 48.4 Å². The van der Waals surface area contributed by atoms with Crippen molar-refractivity contribution in [1.82, 2.24) is 10.2 Å². The second-order valence-electron chi connectivity index (χ2n) is 9.78. The van der Waals surface area contributed by atoms with Crippen molar-refractivity contribution < 1.29 is 24.2 Å². The summed E-state index contributed by atoms with van der Waals surface area (Å²) in [5, 5.41) is 12.5. The lowest BCUT2D eigenvalue weighted by Crippen LogP contribution is -2.45. The van der Waals surface area contributed by atoms with Crippen LogP contribution in [0.5, 0.6) is 0 Å². The number of carboxylic acid groups (broad SMARTS) is 1. The zero-order valence-electron chi connectivity index (χ0n) is 19.3. The van der Waals surface area contributed by atoms with E-state index in [1.54, 1.807) is 11.8 Å². The Morgan fingerprint density at radius 2 is 1.74 bits per heavy atom. The molecule has 3 atom stereocenters. The minimum Gasteiger partial charge on any atom is -0.481 e. The molecule has 2 aromatic carbocycles.